The molecule has 0 heterocycles. The molecule has 0 aliphatic carbocycles. The van der Waals surface area contributed by atoms with Crippen molar-refractivity contribution >= 4 is 44.9 Å². The minimum atomic E-state index is -3.81. The van der Waals surface area contributed by atoms with Gasteiger partial charge in [-0.3, -0.25) is 9.59 Å². The molecule has 27 heavy (non-hydrogen) atoms. The zero-order valence-corrected chi connectivity index (χ0v) is 16.8. The van der Waals surface area contributed by atoms with E-state index in [1.165, 1.54) is 31.2 Å². The second-order valence-corrected chi connectivity index (χ2v) is 8.35. The Labute approximate surface area is 167 Å². The molecule has 2 aromatic carbocycles. The Bertz CT molecular complexity index is 962. The van der Waals surface area contributed by atoms with Crippen LogP contribution in [0.4, 0.5) is 0 Å². The fourth-order valence-electron chi connectivity index (χ4n) is 2.21. The number of benzene rings is 2. The van der Waals surface area contributed by atoms with Gasteiger partial charge in [0.1, 0.15) is 0 Å². The number of amides is 1. The highest BCUT2D eigenvalue weighted by molar-refractivity contribution is 7.89. The predicted octanol–water partition coefficient (Wildman–Crippen LogP) is 3.18. The molecule has 2 N–H and O–H groups in total. The number of hydrogen-bond donors (Lipinski definition) is 2. The Balaban J connectivity index is 1.86. The Morgan fingerprint density at radius 2 is 1.81 bits per heavy atom. The number of rotatable bonds is 8. The van der Waals surface area contributed by atoms with Gasteiger partial charge < -0.3 is 5.32 Å². The number of ketones is 1. The van der Waals surface area contributed by atoms with Crippen LogP contribution in [0, 0.1) is 0 Å². The van der Waals surface area contributed by atoms with Gasteiger partial charge in [-0.1, -0.05) is 41.4 Å². The van der Waals surface area contributed by atoms with Crippen LogP contribution in [0.25, 0.3) is 0 Å². The van der Waals surface area contributed by atoms with Crippen molar-refractivity contribution in [2.45, 2.75) is 24.8 Å². The number of Topliss-reactive ketones (excluding diaryl/α,β-unsaturated/α-hetero) is 1. The van der Waals surface area contributed by atoms with Crippen LogP contribution in [0.1, 0.15) is 29.3 Å². The summed E-state index contributed by atoms with van der Waals surface area (Å²) in [5.41, 5.74) is 1.01. The molecule has 0 bridgehead atoms. The molecule has 0 saturated heterocycles. The van der Waals surface area contributed by atoms with Crippen molar-refractivity contribution in [3.05, 3.63) is 63.6 Å². The van der Waals surface area contributed by atoms with Gasteiger partial charge >= 0.3 is 0 Å². The number of carbonyl (C=O) groups is 2. The first-order valence-electron chi connectivity index (χ1n) is 8.00. The van der Waals surface area contributed by atoms with E-state index in [9.17, 15) is 18.0 Å². The summed E-state index contributed by atoms with van der Waals surface area (Å²) in [4.78, 5) is 23.3. The van der Waals surface area contributed by atoms with Gasteiger partial charge in [-0.05, 0) is 36.8 Å². The van der Waals surface area contributed by atoms with Gasteiger partial charge in [0.25, 0.3) is 0 Å². The summed E-state index contributed by atoms with van der Waals surface area (Å²) < 4.78 is 26.9. The summed E-state index contributed by atoms with van der Waals surface area (Å²) in [5, 5.41) is 3.60. The molecule has 0 fully saturated rings. The average Bonchev–Trinajstić information content (AvgIpc) is 2.61. The third kappa shape index (κ3) is 6.32. The summed E-state index contributed by atoms with van der Waals surface area (Å²) >= 11 is 11.8. The molecule has 1 amide bonds. The lowest BCUT2D eigenvalue weighted by Gasteiger charge is -2.09. The standard InChI is InChI=1S/C18H18Cl2N2O4S/c1-12(23)13-3-2-4-16(9-13)27(25,26)22-8-7-18(24)21-11-14-5-6-15(19)10-17(14)20/h2-6,9-10,22H,7-8,11H2,1H3,(H,21,24). The third-order valence-corrected chi connectivity index (χ3v) is 5.73. The van der Waals surface area contributed by atoms with Crippen LogP contribution in [0.15, 0.2) is 47.4 Å². The van der Waals surface area contributed by atoms with Crippen LogP contribution in [-0.2, 0) is 21.4 Å². The van der Waals surface area contributed by atoms with Crippen molar-refractivity contribution in [2.75, 3.05) is 6.54 Å². The van der Waals surface area contributed by atoms with Crippen LogP contribution in [-0.4, -0.2) is 26.7 Å². The molecule has 0 radical (unpaired) electrons. The minimum Gasteiger partial charge on any atom is -0.352 e. The van der Waals surface area contributed by atoms with E-state index in [-0.39, 0.29) is 36.1 Å². The fourth-order valence-corrected chi connectivity index (χ4v) is 3.76. The second-order valence-electron chi connectivity index (χ2n) is 5.74. The molecule has 0 unspecified atom stereocenters. The molecule has 2 rings (SSSR count). The Morgan fingerprint density at radius 3 is 2.48 bits per heavy atom. The van der Waals surface area contributed by atoms with E-state index >= 15 is 0 Å². The van der Waals surface area contributed by atoms with E-state index in [0.717, 1.165) is 0 Å². The maximum atomic E-state index is 12.3. The van der Waals surface area contributed by atoms with Crippen LogP contribution in [0.5, 0.6) is 0 Å². The molecule has 144 valence electrons. The van der Waals surface area contributed by atoms with E-state index in [1.54, 1.807) is 18.2 Å². The fraction of sp³-hybridized carbons (Fsp3) is 0.222. The SMILES string of the molecule is CC(=O)c1cccc(S(=O)(=O)NCCC(=O)NCc2ccc(Cl)cc2Cl)c1. The van der Waals surface area contributed by atoms with E-state index in [2.05, 4.69) is 10.0 Å². The number of hydrogen-bond acceptors (Lipinski definition) is 4. The van der Waals surface area contributed by atoms with Crippen LogP contribution in [0.2, 0.25) is 10.0 Å². The molecular formula is C18H18Cl2N2O4S. The summed E-state index contributed by atoms with van der Waals surface area (Å²) in [6.45, 7) is 1.49. The molecule has 6 nitrogen and oxygen atoms in total. The molecule has 0 aromatic heterocycles. The highest BCUT2D eigenvalue weighted by Crippen LogP contribution is 2.20. The lowest BCUT2D eigenvalue weighted by Crippen LogP contribution is -2.30. The average molecular weight is 429 g/mol. The first-order chi connectivity index (χ1) is 12.7. The van der Waals surface area contributed by atoms with Crippen LogP contribution >= 0.6 is 23.2 Å². The van der Waals surface area contributed by atoms with E-state index < -0.39 is 10.0 Å². The smallest absolute Gasteiger partial charge is 0.240 e. The van der Waals surface area contributed by atoms with Gasteiger partial charge in [-0.15, -0.1) is 0 Å². The Hall–Kier alpha value is -1.93. The van der Waals surface area contributed by atoms with Crippen molar-refractivity contribution in [1.82, 2.24) is 10.0 Å². The van der Waals surface area contributed by atoms with Crippen molar-refractivity contribution in [2.24, 2.45) is 0 Å². The zero-order chi connectivity index (χ0) is 20.0. The van der Waals surface area contributed by atoms with Crippen molar-refractivity contribution < 1.29 is 18.0 Å². The van der Waals surface area contributed by atoms with E-state index in [4.69, 9.17) is 23.2 Å². The minimum absolute atomic E-state index is 0.0245. The van der Waals surface area contributed by atoms with Gasteiger partial charge in [-0.2, -0.15) is 0 Å². The highest BCUT2D eigenvalue weighted by atomic mass is 35.5. The molecule has 0 aliphatic heterocycles. The topological polar surface area (TPSA) is 92.3 Å². The highest BCUT2D eigenvalue weighted by Gasteiger charge is 2.15. The van der Waals surface area contributed by atoms with Gasteiger partial charge in [0, 0.05) is 35.1 Å². The number of nitrogens with one attached hydrogen (secondary N) is 2. The maximum absolute atomic E-state index is 12.3. The van der Waals surface area contributed by atoms with Crippen molar-refractivity contribution in [1.29, 1.82) is 0 Å². The molecular weight excluding hydrogens is 411 g/mol. The number of sulfonamides is 1. The molecule has 2 aromatic rings. The van der Waals surface area contributed by atoms with Gasteiger partial charge in [0.05, 0.1) is 4.90 Å². The number of halogens is 2. The number of carbonyl (C=O) groups excluding carboxylic acids is 2. The lowest BCUT2D eigenvalue weighted by atomic mass is 10.2. The predicted molar refractivity (Wildman–Crippen MR) is 105 cm³/mol. The van der Waals surface area contributed by atoms with Gasteiger partial charge in [-0.25, -0.2) is 13.1 Å². The van der Waals surface area contributed by atoms with Crippen molar-refractivity contribution in [3.8, 4) is 0 Å². The Kier molecular flexibility index (Phi) is 7.38. The molecule has 0 spiro atoms. The zero-order valence-electron chi connectivity index (χ0n) is 14.5. The summed E-state index contributed by atoms with van der Waals surface area (Å²) in [7, 11) is -3.81. The maximum Gasteiger partial charge on any atom is 0.240 e. The molecule has 0 saturated carbocycles. The first-order valence-corrected chi connectivity index (χ1v) is 10.2. The third-order valence-electron chi connectivity index (χ3n) is 3.69. The summed E-state index contributed by atoms with van der Waals surface area (Å²) in [5.74, 6) is -0.562. The van der Waals surface area contributed by atoms with Crippen LogP contribution in [0.3, 0.4) is 0 Å². The lowest BCUT2D eigenvalue weighted by molar-refractivity contribution is -0.121. The molecule has 9 heteroatoms. The largest absolute Gasteiger partial charge is 0.352 e. The normalized spacial score (nSPS) is 11.2. The van der Waals surface area contributed by atoms with Gasteiger partial charge in [0.2, 0.25) is 15.9 Å². The van der Waals surface area contributed by atoms with E-state index in [0.29, 0.717) is 21.2 Å². The van der Waals surface area contributed by atoms with Crippen LogP contribution < -0.4 is 10.0 Å². The Morgan fingerprint density at radius 1 is 1.07 bits per heavy atom. The van der Waals surface area contributed by atoms with E-state index in [1.807, 2.05) is 0 Å². The van der Waals surface area contributed by atoms with Crippen molar-refractivity contribution in [3.63, 3.8) is 0 Å². The van der Waals surface area contributed by atoms with Gasteiger partial charge in [0.15, 0.2) is 5.78 Å². The quantitative estimate of drug-likeness (QED) is 0.631. The molecule has 0 atom stereocenters. The molecule has 0 aliphatic rings. The second kappa shape index (κ2) is 9.32. The first kappa shape index (κ1) is 21.4. The monoisotopic (exact) mass is 428 g/mol. The summed E-state index contributed by atoms with van der Waals surface area (Å²) in [6, 6.07) is 10.7. The summed E-state index contributed by atoms with van der Waals surface area (Å²) in [6.07, 6.45) is -0.0448.